The van der Waals surface area contributed by atoms with Crippen LogP contribution in [0.15, 0.2) is 18.2 Å². The molecule has 1 amide bonds. The van der Waals surface area contributed by atoms with Gasteiger partial charge in [-0.1, -0.05) is 6.07 Å². The Morgan fingerprint density at radius 2 is 2.35 bits per heavy atom. The molecule has 1 aromatic rings. The summed E-state index contributed by atoms with van der Waals surface area (Å²) in [7, 11) is 1.70. The Kier molecular flexibility index (Phi) is 4.68. The van der Waals surface area contributed by atoms with Crippen molar-refractivity contribution >= 4 is 5.91 Å². The van der Waals surface area contributed by atoms with Crippen LogP contribution >= 0.6 is 0 Å². The number of carbonyl (C=O) groups excluding carboxylic acids is 1. The van der Waals surface area contributed by atoms with Gasteiger partial charge in [-0.15, -0.1) is 12.3 Å². The third-order valence-electron chi connectivity index (χ3n) is 2.38. The van der Waals surface area contributed by atoms with Crippen molar-refractivity contribution in [1.29, 1.82) is 0 Å². The van der Waals surface area contributed by atoms with E-state index in [1.807, 2.05) is 25.1 Å². The smallest absolute Gasteiger partial charge is 0.240 e. The van der Waals surface area contributed by atoms with E-state index in [1.165, 1.54) is 0 Å². The molecule has 4 heteroatoms. The minimum atomic E-state index is -0.630. The van der Waals surface area contributed by atoms with Gasteiger partial charge in [0.05, 0.1) is 18.3 Å². The van der Waals surface area contributed by atoms with Gasteiger partial charge in [0.2, 0.25) is 5.91 Å². The van der Waals surface area contributed by atoms with E-state index in [0.29, 0.717) is 6.54 Å². The second-order valence-corrected chi connectivity index (χ2v) is 3.98. The number of nitrogens with zero attached hydrogens (tertiary/aromatic N) is 2. The third kappa shape index (κ3) is 3.89. The lowest BCUT2D eigenvalue weighted by atomic mass is 10.2. The van der Waals surface area contributed by atoms with Gasteiger partial charge in [0, 0.05) is 19.2 Å². The number of terminal acetylenes is 1. The van der Waals surface area contributed by atoms with Crippen molar-refractivity contribution in [2.24, 2.45) is 5.73 Å². The summed E-state index contributed by atoms with van der Waals surface area (Å²) >= 11 is 0. The summed E-state index contributed by atoms with van der Waals surface area (Å²) < 4.78 is 0. The fraction of sp³-hybridized carbons (Fsp3) is 0.385. The van der Waals surface area contributed by atoms with Gasteiger partial charge in [-0.05, 0) is 19.1 Å². The largest absolute Gasteiger partial charge is 0.338 e. The average molecular weight is 231 g/mol. The molecule has 90 valence electrons. The average Bonchev–Trinajstić information content (AvgIpc) is 2.28. The van der Waals surface area contributed by atoms with Crippen LogP contribution < -0.4 is 5.73 Å². The Bertz CT molecular complexity index is 437. The molecule has 0 aliphatic carbocycles. The molecule has 0 radical (unpaired) electrons. The van der Waals surface area contributed by atoms with Crippen LogP contribution in [0, 0.1) is 19.3 Å². The van der Waals surface area contributed by atoms with Crippen LogP contribution in [0.5, 0.6) is 0 Å². The Labute approximate surface area is 102 Å². The van der Waals surface area contributed by atoms with Crippen LogP contribution in [0.1, 0.15) is 17.8 Å². The normalized spacial score (nSPS) is 11.6. The van der Waals surface area contributed by atoms with E-state index in [-0.39, 0.29) is 12.3 Å². The molecular weight excluding hydrogens is 214 g/mol. The lowest BCUT2D eigenvalue weighted by Crippen LogP contribution is -2.41. The van der Waals surface area contributed by atoms with Gasteiger partial charge in [0.25, 0.3) is 0 Å². The topological polar surface area (TPSA) is 59.2 Å². The fourth-order valence-corrected chi connectivity index (χ4v) is 1.51. The highest BCUT2D eigenvalue weighted by Crippen LogP contribution is 2.03. The second kappa shape index (κ2) is 6.02. The maximum atomic E-state index is 11.8. The zero-order valence-electron chi connectivity index (χ0n) is 10.2. The van der Waals surface area contributed by atoms with E-state index in [2.05, 4.69) is 10.9 Å². The predicted octanol–water partition coefficient (Wildman–Crippen LogP) is 0.699. The standard InChI is InChI=1S/C13H17N3O/c1-4-6-12(14)13(17)16(3)9-11-8-5-7-10(2)15-11/h1,5,7-8,12H,6,9,14H2,2-3H3. The van der Waals surface area contributed by atoms with Crippen molar-refractivity contribution < 1.29 is 4.79 Å². The first-order chi connectivity index (χ1) is 8.04. The van der Waals surface area contributed by atoms with Gasteiger partial charge < -0.3 is 10.6 Å². The molecule has 0 spiro atoms. The number of hydrogen-bond donors (Lipinski definition) is 1. The summed E-state index contributed by atoms with van der Waals surface area (Å²) in [6, 6.07) is 5.07. The molecule has 1 heterocycles. The first kappa shape index (κ1) is 13.2. The Balaban J connectivity index is 2.63. The zero-order valence-corrected chi connectivity index (χ0v) is 10.2. The minimum absolute atomic E-state index is 0.161. The molecule has 1 unspecified atom stereocenters. The molecule has 0 saturated heterocycles. The van der Waals surface area contributed by atoms with Crippen LogP contribution in [0.2, 0.25) is 0 Å². The summed E-state index contributed by atoms with van der Waals surface area (Å²) in [6.07, 6.45) is 5.38. The van der Waals surface area contributed by atoms with Crippen LogP contribution in [-0.4, -0.2) is 28.9 Å². The second-order valence-electron chi connectivity index (χ2n) is 3.98. The summed E-state index contributed by atoms with van der Waals surface area (Å²) in [5.41, 5.74) is 7.43. The molecule has 0 aliphatic heterocycles. The maximum Gasteiger partial charge on any atom is 0.240 e. The molecule has 17 heavy (non-hydrogen) atoms. The first-order valence-corrected chi connectivity index (χ1v) is 5.41. The molecule has 4 nitrogen and oxygen atoms in total. The molecule has 0 saturated carbocycles. The Morgan fingerprint density at radius 1 is 1.65 bits per heavy atom. The lowest BCUT2D eigenvalue weighted by molar-refractivity contribution is -0.131. The summed E-state index contributed by atoms with van der Waals surface area (Å²) in [6.45, 7) is 2.36. The van der Waals surface area contributed by atoms with E-state index >= 15 is 0 Å². The monoisotopic (exact) mass is 231 g/mol. The number of rotatable bonds is 4. The number of likely N-dealkylation sites (N-methyl/N-ethyl adjacent to an activating group) is 1. The SMILES string of the molecule is C#CCC(N)C(=O)N(C)Cc1cccc(C)n1. The number of pyridine rings is 1. The van der Waals surface area contributed by atoms with Gasteiger partial charge >= 0.3 is 0 Å². The summed E-state index contributed by atoms with van der Waals surface area (Å²) in [4.78, 5) is 17.7. The van der Waals surface area contributed by atoms with E-state index in [4.69, 9.17) is 12.2 Å². The van der Waals surface area contributed by atoms with Crippen molar-refractivity contribution in [3.05, 3.63) is 29.6 Å². The minimum Gasteiger partial charge on any atom is -0.338 e. The Hall–Kier alpha value is -1.86. The van der Waals surface area contributed by atoms with Gasteiger partial charge in [0.1, 0.15) is 0 Å². The fourth-order valence-electron chi connectivity index (χ4n) is 1.51. The molecule has 2 N–H and O–H groups in total. The summed E-state index contributed by atoms with van der Waals surface area (Å²) in [5.74, 6) is 2.23. The van der Waals surface area contributed by atoms with Gasteiger partial charge in [0.15, 0.2) is 0 Å². The number of aryl methyl sites for hydroxylation is 1. The predicted molar refractivity (Wildman–Crippen MR) is 66.9 cm³/mol. The van der Waals surface area contributed by atoms with Crippen LogP contribution in [-0.2, 0) is 11.3 Å². The first-order valence-electron chi connectivity index (χ1n) is 5.41. The lowest BCUT2D eigenvalue weighted by Gasteiger charge is -2.20. The van der Waals surface area contributed by atoms with Crippen molar-refractivity contribution in [1.82, 2.24) is 9.88 Å². The van der Waals surface area contributed by atoms with Crippen molar-refractivity contribution in [2.45, 2.75) is 25.9 Å². The number of aromatic nitrogens is 1. The van der Waals surface area contributed by atoms with E-state index in [1.54, 1.807) is 11.9 Å². The van der Waals surface area contributed by atoms with Crippen LogP contribution in [0.25, 0.3) is 0 Å². The molecule has 1 aromatic heterocycles. The van der Waals surface area contributed by atoms with E-state index < -0.39 is 6.04 Å². The molecule has 0 bridgehead atoms. The highest BCUT2D eigenvalue weighted by atomic mass is 16.2. The number of nitrogens with two attached hydrogens (primary N) is 1. The third-order valence-corrected chi connectivity index (χ3v) is 2.38. The van der Waals surface area contributed by atoms with Crippen molar-refractivity contribution in [3.8, 4) is 12.3 Å². The van der Waals surface area contributed by atoms with Crippen LogP contribution in [0.3, 0.4) is 0 Å². The van der Waals surface area contributed by atoms with Crippen molar-refractivity contribution in [3.63, 3.8) is 0 Å². The highest BCUT2D eigenvalue weighted by molar-refractivity contribution is 5.81. The van der Waals surface area contributed by atoms with Gasteiger partial charge in [-0.25, -0.2) is 0 Å². The summed E-state index contributed by atoms with van der Waals surface area (Å²) in [5, 5.41) is 0. The van der Waals surface area contributed by atoms with Crippen molar-refractivity contribution in [2.75, 3.05) is 7.05 Å². The molecule has 0 aromatic carbocycles. The zero-order chi connectivity index (χ0) is 12.8. The molecular formula is C13H17N3O. The molecule has 1 atom stereocenters. The van der Waals surface area contributed by atoms with E-state index in [0.717, 1.165) is 11.4 Å². The Morgan fingerprint density at radius 3 is 2.94 bits per heavy atom. The quantitative estimate of drug-likeness (QED) is 0.776. The number of hydrogen-bond acceptors (Lipinski definition) is 3. The van der Waals surface area contributed by atoms with Gasteiger partial charge in [-0.2, -0.15) is 0 Å². The maximum absolute atomic E-state index is 11.8. The number of carbonyl (C=O) groups is 1. The van der Waals surface area contributed by atoms with Crippen LogP contribution in [0.4, 0.5) is 0 Å². The number of amides is 1. The molecule has 0 aliphatic rings. The molecule has 1 rings (SSSR count). The van der Waals surface area contributed by atoms with Gasteiger partial charge in [-0.3, -0.25) is 9.78 Å². The van der Waals surface area contributed by atoms with E-state index in [9.17, 15) is 4.79 Å². The highest BCUT2D eigenvalue weighted by Gasteiger charge is 2.17. The molecule has 0 fully saturated rings.